The van der Waals surface area contributed by atoms with Gasteiger partial charge in [0.05, 0.1) is 6.10 Å². The molecule has 0 atom stereocenters. The largest absolute Gasteiger partial charge is 0.491 e. The summed E-state index contributed by atoms with van der Waals surface area (Å²) >= 11 is 6.25. The minimum atomic E-state index is -0.202. The van der Waals surface area contributed by atoms with Crippen LogP contribution in [-0.4, -0.2) is 11.7 Å². The molecule has 0 fully saturated rings. The summed E-state index contributed by atoms with van der Waals surface area (Å²) in [5.74, 6) is 2.47. The Labute approximate surface area is 148 Å². The number of halogens is 1. The number of ether oxygens (including phenoxy) is 3. The molecule has 0 bridgehead atoms. The third kappa shape index (κ3) is 3.96. The summed E-state index contributed by atoms with van der Waals surface area (Å²) < 4.78 is 17.7. The van der Waals surface area contributed by atoms with E-state index in [4.69, 9.17) is 25.8 Å². The van der Waals surface area contributed by atoms with Crippen LogP contribution in [0.3, 0.4) is 0 Å². The highest BCUT2D eigenvalue weighted by Crippen LogP contribution is 2.40. The van der Waals surface area contributed by atoms with Crippen LogP contribution in [0.5, 0.6) is 17.2 Å². The molecule has 0 radical (unpaired) electrons. The van der Waals surface area contributed by atoms with Crippen LogP contribution in [-0.2, 0) is 13.0 Å². The summed E-state index contributed by atoms with van der Waals surface area (Å²) in [7, 11) is 0. The van der Waals surface area contributed by atoms with Crippen molar-refractivity contribution in [2.24, 2.45) is 0 Å². The van der Waals surface area contributed by atoms with Crippen LogP contribution in [0.15, 0.2) is 36.4 Å². The second kappa shape index (κ2) is 6.56. The molecule has 1 heterocycles. The van der Waals surface area contributed by atoms with Crippen molar-refractivity contribution >= 4 is 11.6 Å². The van der Waals surface area contributed by atoms with E-state index in [1.54, 1.807) is 0 Å². The summed E-state index contributed by atoms with van der Waals surface area (Å²) in [6, 6.07) is 11.6. The molecular formula is C20H23ClO3. The summed E-state index contributed by atoms with van der Waals surface area (Å²) in [6.07, 6.45) is 0.986. The van der Waals surface area contributed by atoms with Gasteiger partial charge in [-0.1, -0.05) is 17.7 Å². The van der Waals surface area contributed by atoms with Gasteiger partial charge in [0.15, 0.2) is 0 Å². The average molecular weight is 347 g/mol. The van der Waals surface area contributed by atoms with E-state index >= 15 is 0 Å². The van der Waals surface area contributed by atoms with E-state index in [1.807, 2.05) is 50.2 Å². The van der Waals surface area contributed by atoms with Gasteiger partial charge in [-0.25, -0.2) is 0 Å². The van der Waals surface area contributed by atoms with E-state index in [2.05, 4.69) is 13.8 Å². The van der Waals surface area contributed by atoms with Crippen LogP contribution < -0.4 is 14.2 Å². The van der Waals surface area contributed by atoms with Crippen molar-refractivity contribution in [1.82, 2.24) is 0 Å². The lowest BCUT2D eigenvalue weighted by Gasteiger charge is -2.18. The fourth-order valence-corrected chi connectivity index (χ4v) is 3.19. The molecule has 1 aliphatic rings. The molecule has 0 spiro atoms. The number of hydrogen-bond acceptors (Lipinski definition) is 3. The Balaban J connectivity index is 1.77. The van der Waals surface area contributed by atoms with Crippen LogP contribution in [0.1, 0.15) is 38.8 Å². The Hall–Kier alpha value is -1.87. The highest BCUT2D eigenvalue weighted by molar-refractivity contribution is 6.30. The molecule has 0 amide bonds. The van der Waals surface area contributed by atoms with Crippen molar-refractivity contribution in [2.45, 2.75) is 52.4 Å². The number of benzene rings is 2. The van der Waals surface area contributed by atoms with Gasteiger partial charge >= 0.3 is 0 Å². The second-order valence-electron chi connectivity index (χ2n) is 7.02. The lowest BCUT2D eigenvalue weighted by atomic mass is 10.0. The molecule has 2 aromatic carbocycles. The van der Waals surface area contributed by atoms with Gasteiger partial charge in [-0.3, -0.25) is 0 Å². The average Bonchev–Trinajstić information content (AvgIpc) is 2.78. The summed E-state index contributed by atoms with van der Waals surface area (Å²) in [5.41, 5.74) is 1.91. The monoisotopic (exact) mass is 346 g/mol. The van der Waals surface area contributed by atoms with Crippen LogP contribution in [0.25, 0.3) is 0 Å². The Morgan fingerprint density at radius 2 is 1.92 bits per heavy atom. The summed E-state index contributed by atoms with van der Waals surface area (Å²) in [5, 5.41) is 0.713. The van der Waals surface area contributed by atoms with E-state index in [1.165, 1.54) is 0 Å². The van der Waals surface area contributed by atoms with E-state index in [0.29, 0.717) is 11.6 Å². The van der Waals surface area contributed by atoms with Crippen LogP contribution in [0.2, 0.25) is 5.02 Å². The number of fused-ring (bicyclic) bond motifs is 1. The lowest BCUT2D eigenvalue weighted by molar-refractivity contribution is 0.135. The van der Waals surface area contributed by atoms with Gasteiger partial charge in [0.25, 0.3) is 0 Å². The third-order valence-electron chi connectivity index (χ3n) is 3.77. The molecular weight excluding hydrogens is 324 g/mol. The first kappa shape index (κ1) is 17.0. The Kier molecular flexibility index (Phi) is 4.64. The van der Waals surface area contributed by atoms with Gasteiger partial charge in [0.1, 0.15) is 29.5 Å². The molecule has 1 aliphatic heterocycles. The topological polar surface area (TPSA) is 27.7 Å². The molecule has 0 saturated carbocycles. The predicted octanol–water partition coefficient (Wildman–Crippen LogP) is 5.42. The molecule has 3 nitrogen and oxygen atoms in total. The molecule has 0 aromatic heterocycles. The van der Waals surface area contributed by atoms with Gasteiger partial charge in [-0.15, -0.1) is 0 Å². The normalized spacial score (nSPS) is 15.1. The quantitative estimate of drug-likeness (QED) is 0.723. The van der Waals surface area contributed by atoms with Gasteiger partial charge in [-0.2, -0.15) is 0 Å². The van der Waals surface area contributed by atoms with Crippen molar-refractivity contribution in [3.05, 3.63) is 52.5 Å². The molecule has 0 N–H and O–H groups in total. The SMILES string of the molecule is CC(C)Oc1cccc(OCc2cc(Cl)cc3c2OC(C)(C)C3)c1. The van der Waals surface area contributed by atoms with Gasteiger partial charge < -0.3 is 14.2 Å². The first-order valence-corrected chi connectivity index (χ1v) is 8.60. The van der Waals surface area contributed by atoms with Gasteiger partial charge in [-0.05, 0) is 57.5 Å². The Morgan fingerprint density at radius 1 is 1.17 bits per heavy atom. The Bertz CT molecular complexity index is 738. The minimum Gasteiger partial charge on any atom is -0.491 e. The van der Waals surface area contributed by atoms with E-state index in [0.717, 1.165) is 34.8 Å². The maximum Gasteiger partial charge on any atom is 0.130 e. The zero-order chi connectivity index (χ0) is 17.3. The minimum absolute atomic E-state index is 0.132. The fraction of sp³-hybridized carbons (Fsp3) is 0.400. The van der Waals surface area contributed by atoms with Crippen molar-refractivity contribution in [3.63, 3.8) is 0 Å². The van der Waals surface area contributed by atoms with Crippen molar-refractivity contribution in [1.29, 1.82) is 0 Å². The van der Waals surface area contributed by atoms with E-state index in [-0.39, 0.29) is 11.7 Å². The van der Waals surface area contributed by atoms with Crippen molar-refractivity contribution < 1.29 is 14.2 Å². The molecule has 4 heteroatoms. The smallest absolute Gasteiger partial charge is 0.130 e. The first-order chi connectivity index (χ1) is 11.3. The zero-order valence-electron chi connectivity index (χ0n) is 14.6. The standard InChI is InChI=1S/C20H23ClO3/c1-13(2)23-18-7-5-6-17(10-18)22-12-15-9-16(21)8-14-11-20(3,4)24-19(14)15/h5-10,13H,11-12H2,1-4H3. The van der Waals surface area contributed by atoms with E-state index in [9.17, 15) is 0 Å². The second-order valence-corrected chi connectivity index (χ2v) is 7.46. The van der Waals surface area contributed by atoms with Crippen molar-refractivity contribution in [2.75, 3.05) is 0 Å². The molecule has 128 valence electrons. The summed E-state index contributed by atoms with van der Waals surface area (Å²) in [4.78, 5) is 0. The maximum absolute atomic E-state index is 6.25. The molecule has 2 aromatic rings. The molecule has 0 saturated heterocycles. The summed E-state index contributed by atoms with van der Waals surface area (Å²) in [6.45, 7) is 8.57. The van der Waals surface area contributed by atoms with Crippen LogP contribution >= 0.6 is 11.6 Å². The molecule has 3 rings (SSSR count). The number of hydrogen-bond donors (Lipinski definition) is 0. The molecule has 24 heavy (non-hydrogen) atoms. The molecule has 0 aliphatic carbocycles. The van der Waals surface area contributed by atoms with E-state index < -0.39 is 0 Å². The zero-order valence-corrected chi connectivity index (χ0v) is 15.3. The third-order valence-corrected chi connectivity index (χ3v) is 3.99. The highest BCUT2D eigenvalue weighted by atomic mass is 35.5. The number of rotatable bonds is 5. The maximum atomic E-state index is 6.25. The lowest BCUT2D eigenvalue weighted by Crippen LogP contribution is -2.25. The highest BCUT2D eigenvalue weighted by Gasteiger charge is 2.32. The van der Waals surface area contributed by atoms with Crippen LogP contribution in [0.4, 0.5) is 0 Å². The Morgan fingerprint density at radius 3 is 2.67 bits per heavy atom. The van der Waals surface area contributed by atoms with Crippen LogP contribution in [0, 0.1) is 0 Å². The predicted molar refractivity (Wildman–Crippen MR) is 96.4 cm³/mol. The van der Waals surface area contributed by atoms with Crippen molar-refractivity contribution in [3.8, 4) is 17.2 Å². The first-order valence-electron chi connectivity index (χ1n) is 8.22. The molecule has 0 unspecified atom stereocenters. The van der Waals surface area contributed by atoms with Gasteiger partial charge in [0.2, 0.25) is 0 Å². The fourth-order valence-electron chi connectivity index (χ4n) is 2.92. The van der Waals surface area contributed by atoms with Gasteiger partial charge in [0, 0.05) is 23.1 Å².